The lowest BCUT2D eigenvalue weighted by Crippen LogP contribution is -1.98. The van der Waals surface area contributed by atoms with E-state index in [-0.39, 0.29) is 0 Å². The van der Waals surface area contributed by atoms with Gasteiger partial charge in [-0.2, -0.15) is 4.98 Å². The molecule has 0 amide bonds. The summed E-state index contributed by atoms with van der Waals surface area (Å²) in [5.74, 6) is 1.05. The van der Waals surface area contributed by atoms with E-state index >= 15 is 0 Å². The van der Waals surface area contributed by atoms with Crippen LogP contribution in [0.1, 0.15) is 24.0 Å². The minimum absolute atomic E-state index is 0.503. The second-order valence-corrected chi connectivity index (χ2v) is 6.79. The molecule has 4 aromatic rings. The fourth-order valence-electron chi connectivity index (χ4n) is 2.65. The first-order chi connectivity index (χ1) is 11.7. The van der Waals surface area contributed by atoms with Gasteiger partial charge in [0, 0.05) is 12.1 Å². The Bertz CT molecular complexity index is 1010. The van der Waals surface area contributed by atoms with Crippen LogP contribution in [0.4, 0.5) is 0 Å². The first kappa shape index (κ1) is 14.9. The van der Waals surface area contributed by atoms with E-state index in [4.69, 9.17) is 4.52 Å². The molecule has 0 saturated heterocycles. The summed E-state index contributed by atoms with van der Waals surface area (Å²) in [6.07, 6.45) is 1.02. The van der Waals surface area contributed by atoms with Crippen LogP contribution in [0, 0.1) is 13.8 Å². The molecular weight excluding hydrogens is 324 g/mol. The molecule has 7 nitrogen and oxygen atoms in total. The molecule has 3 heterocycles. The Balaban J connectivity index is 1.71. The molecule has 1 aromatic carbocycles. The van der Waals surface area contributed by atoms with Crippen molar-refractivity contribution in [2.75, 3.05) is 0 Å². The van der Waals surface area contributed by atoms with Gasteiger partial charge in [0.2, 0.25) is 5.82 Å². The Hall–Kier alpha value is -2.61. The molecule has 0 aliphatic heterocycles. The molecule has 0 unspecified atom stereocenters. The van der Waals surface area contributed by atoms with Gasteiger partial charge < -0.3 is 4.52 Å². The molecule has 0 radical (unpaired) electrons. The zero-order valence-electron chi connectivity index (χ0n) is 13.6. The van der Waals surface area contributed by atoms with Gasteiger partial charge in [-0.15, -0.1) is 16.4 Å². The summed E-state index contributed by atoms with van der Waals surface area (Å²) >= 11 is 1.55. The molecule has 4 rings (SSSR count). The van der Waals surface area contributed by atoms with E-state index in [0.29, 0.717) is 11.7 Å². The van der Waals surface area contributed by atoms with E-state index in [9.17, 15) is 0 Å². The molecule has 0 N–H and O–H groups in total. The normalized spacial score (nSPS) is 11.5. The molecule has 0 atom stereocenters. The molecule has 0 bridgehead atoms. The quantitative estimate of drug-likeness (QED) is 0.564. The number of benzene rings is 1. The highest BCUT2D eigenvalue weighted by Gasteiger charge is 2.16. The summed E-state index contributed by atoms with van der Waals surface area (Å²) in [6.45, 7) is 6.88. The molecule has 8 heteroatoms. The van der Waals surface area contributed by atoms with Gasteiger partial charge in [-0.3, -0.25) is 0 Å². The van der Waals surface area contributed by atoms with Gasteiger partial charge >= 0.3 is 0 Å². The molecule has 24 heavy (non-hydrogen) atoms. The number of nitrogens with zero attached hydrogens (tertiary/aromatic N) is 6. The third-order valence-corrected chi connectivity index (χ3v) is 4.79. The van der Waals surface area contributed by atoms with Gasteiger partial charge in [0.1, 0.15) is 10.4 Å². The Labute approximate surface area is 142 Å². The van der Waals surface area contributed by atoms with Gasteiger partial charge in [-0.1, -0.05) is 17.3 Å². The largest absolute Gasteiger partial charge is 0.333 e. The number of rotatable bonds is 4. The monoisotopic (exact) mass is 340 g/mol. The standard InChI is InChI=1S/C16H16N6OS/c1-4-7-22-13-6-5-11(8-12(13)19-21-22)15-18-16(23-20-15)14-9(2)17-10(3)24-14/h5-6,8H,4,7H2,1-3H3. The minimum atomic E-state index is 0.503. The second-order valence-electron chi connectivity index (χ2n) is 5.59. The van der Waals surface area contributed by atoms with Crippen molar-refractivity contribution in [2.24, 2.45) is 0 Å². The molecular formula is C16H16N6OS. The lowest BCUT2D eigenvalue weighted by atomic mass is 10.2. The van der Waals surface area contributed by atoms with Crippen molar-refractivity contribution in [3.05, 3.63) is 28.9 Å². The van der Waals surface area contributed by atoms with Crippen LogP contribution in [0.3, 0.4) is 0 Å². The Morgan fingerprint density at radius 1 is 1.21 bits per heavy atom. The number of aromatic nitrogens is 6. The number of hydrogen-bond acceptors (Lipinski definition) is 7. The topological polar surface area (TPSA) is 82.5 Å². The first-order valence-electron chi connectivity index (χ1n) is 7.77. The number of hydrogen-bond donors (Lipinski definition) is 0. The average Bonchev–Trinajstić information content (AvgIpc) is 3.26. The van der Waals surface area contributed by atoms with E-state index in [2.05, 4.69) is 32.4 Å². The minimum Gasteiger partial charge on any atom is -0.333 e. The Morgan fingerprint density at radius 3 is 2.83 bits per heavy atom. The van der Waals surface area contributed by atoms with Crippen molar-refractivity contribution < 1.29 is 4.52 Å². The summed E-state index contributed by atoms with van der Waals surface area (Å²) in [5, 5.41) is 13.5. The SMILES string of the molecule is CCCn1nnc2cc(-c3noc(-c4sc(C)nc4C)n3)ccc21. The molecule has 0 fully saturated rings. The van der Waals surface area contributed by atoms with Gasteiger partial charge in [0.25, 0.3) is 5.89 Å². The van der Waals surface area contributed by atoms with Gasteiger partial charge in [-0.05, 0) is 38.5 Å². The highest BCUT2D eigenvalue weighted by molar-refractivity contribution is 7.15. The molecule has 0 aliphatic rings. The van der Waals surface area contributed by atoms with E-state index in [1.165, 1.54) is 0 Å². The number of fused-ring (bicyclic) bond motifs is 1. The zero-order valence-corrected chi connectivity index (χ0v) is 14.5. The van der Waals surface area contributed by atoms with Gasteiger partial charge in [0.05, 0.1) is 16.2 Å². The molecule has 0 saturated carbocycles. The van der Waals surface area contributed by atoms with Crippen molar-refractivity contribution in [1.82, 2.24) is 30.1 Å². The lowest BCUT2D eigenvalue weighted by molar-refractivity contribution is 0.433. The third kappa shape index (κ3) is 2.48. The maximum atomic E-state index is 5.42. The predicted octanol–water partition coefficient (Wildman–Crippen LogP) is 3.63. The summed E-state index contributed by atoms with van der Waals surface area (Å²) in [5.41, 5.74) is 3.61. The highest BCUT2D eigenvalue weighted by atomic mass is 32.1. The lowest BCUT2D eigenvalue weighted by Gasteiger charge is -1.99. The summed E-state index contributed by atoms with van der Waals surface area (Å²) < 4.78 is 7.33. The van der Waals surface area contributed by atoms with Crippen LogP contribution in [-0.4, -0.2) is 30.1 Å². The summed E-state index contributed by atoms with van der Waals surface area (Å²) in [4.78, 5) is 9.83. The van der Waals surface area contributed by atoms with Gasteiger partial charge in [-0.25, -0.2) is 9.67 Å². The van der Waals surface area contributed by atoms with Crippen LogP contribution in [-0.2, 0) is 6.54 Å². The number of aryl methyl sites for hydroxylation is 3. The predicted molar refractivity (Wildman–Crippen MR) is 91.7 cm³/mol. The van der Waals surface area contributed by atoms with Crippen LogP contribution >= 0.6 is 11.3 Å². The third-order valence-electron chi connectivity index (χ3n) is 3.73. The van der Waals surface area contributed by atoms with Gasteiger partial charge in [0.15, 0.2) is 0 Å². The van der Waals surface area contributed by atoms with E-state index in [1.54, 1.807) is 11.3 Å². The molecule has 3 aromatic heterocycles. The summed E-state index contributed by atoms with van der Waals surface area (Å²) in [7, 11) is 0. The van der Waals surface area contributed by atoms with Crippen molar-refractivity contribution in [2.45, 2.75) is 33.7 Å². The maximum absolute atomic E-state index is 5.42. The van der Waals surface area contributed by atoms with E-state index < -0.39 is 0 Å². The van der Waals surface area contributed by atoms with Crippen LogP contribution in [0.25, 0.3) is 33.2 Å². The second kappa shape index (κ2) is 5.79. The Morgan fingerprint density at radius 2 is 2.08 bits per heavy atom. The van der Waals surface area contributed by atoms with Crippen molar-refractivity contribution in [3.63, 3.8) is 0 Å². The van der Waals surface area contributed by atoms with Crippen LogP contribution < -0.4 is 0 Å². The molecule has 0 spiro atoms. The van der Waals surface area contributed by atoms with Crippen molar-refractivity contribution in [3.8, 4) is 22.2 Å². The summed E-state index contributed by atoms with van der Waals surface area (Å²) in [6, 6.07) is 5.91. The number of thiazole rings is 1. The van der Waals surface area contributed by atoms with Crippen molar-refractivity contribution >= 4 is 22.4 Å². The van der Waals surface area contributed by atoms with Crippen molar-refractivity contribution in [1.29, 1.82) is 0 Å². The first-order valence-corrected chi connectivity index (χ1v) is 8.59. The maximum Gasteiger partial charge on any atom is 0.270 e. The van der Waals surface area contributed by atoms with E-state index in [0.717, 1.165) is 45.1 Å². The average molecular weight is 340 g/mol. The molecule has 122 valence electrons. The molecule has 0 aliphatic carbocycles. The van der Waals surface area contributed by atoms with Crippen LogP contribution in [0.5, 0.6) is 0 Å². The van der Waals surface area contributed by atoms with Crippen LogP contribution in [0.2, 0.25) is 0 Å². The highest BCUT2D eigenvalue weighted by Crippen LogP contribution is 2.30. The fraction of sp³-hybridized carbons (Fsp3) is 0.312. The Kier molecular flexibility index (Phi) is 3.61. The smallest absolute Gasteiger partial charge is 0.270 e. The van der Waals surface area contributed by atoms with E-state index in [1.807, 2.05) is 36.7 Å². The fourth-order valence-corrected chi connectivity index (χ4v) is 3.49. The van der Waals surface area contributed by atoms with Crippen LogP contribution in [0.15, 0.2) is 22.7 Å². The zero-order chi connectivity index (χ0) is 16.7.